The number of aromatic nitrogens is 1. The molecule has 3 heterocycles. The molecule has 8 heteroatoms. The number of amides is 2. The zero-order valence-corrected chi connectivity index (χ0v) is 24.1. The molecule has 41 heavy (non-hydrogen) atoms. The summed E-state index contributed by atoms with van der Waals surface area (Å²) in [5.74, 6) is 1.61. The van der Waals surface area contributed by atoms with E-state index in [9.17, 15) is 9.59 Å². The number of aromatic amines is 1. The number of para-hydroxylation sites is 2. The highest BCUT2D eigenvalue weighted by atomic mass is 16.5. The van der Waals surface area contributed by atoms with Crippen molar-refractivity contribution >= 4 is 22.7 Å². The first-order chi connectivity index (χ1) is 19.8. The number of fused-ring (bicyclic) bond motifs is 5. The summed E-state index contributed by atoms with van der Waals surface area (Å²) in [6.07, 6.45) is 0.00106. The molecule has 212 valence electrons. The zero-order valence-electron chi connectivity index (χ0n) is 24.1. The third-order valence-corrected chi connectivity index (χ3v) is 8.32. The minimum absolute atomic E-state index is 0.000753. The minimum Gasteiger partial charge on any atom is -0.496 e. The van der Waals surface area contributed by atoms with Crippen molar-refractivity contribution in [3.63, 3.8) is 0 Å². The quantitative estimate of drug-likeness (QED) is 0.340. The van der Waals surface area contributed by atoms with Gasteiger partial charge in [0.15, 0.2) is 17.0 Å². The van der Waals surface area contributed by atoms with Crippen LogP contribution in [-0.4, -0.2) is 60.0 Å². The van der Waals surface area contributed by atoms with Crippen LogP contribution in [0.25, 0.3) is 10.9 Å². The van der Waals surface area contributed by atoms with E-state index in [4.69, 9.17) is 14.2 Å². The Balaban J connectivity index is 1.47. The third-order valence-electron chi connectivity index (χ3n) is 8.32. The van der Waals surface area contributed by atoms with Gasteiger partial charge in [-0.2, -0.15) is 0 Å². The molecule has 1 aromatic heterocycles. The van der Waals surface area contributed by atoms with E-state index in [2.05, 4.69) is 11.1 Å². The second-order valence-electron chi connectivity index (χ2n) is 11.1. The predicted molar refractivity (Wildman–Crippen MR) is 156 cm³/mol. The molecule has 4 aromatic rings. The van der Waals surface area contributed by atoms with Gasteiger partial charge in [-0.25, -0.2) is 0 Å². The molecule has 1 N–H and O–H groups in total. The van der Waals surface area contributed by atoms with E-state index in [1.54, 1.807) is 24.0 Å². The van der Waals surface area contributed by atoms with Crippen molar-refractivity contribution in [3.05, 3.63) is 89.1 Å². The predicted octanol–water partition coefficient (Wildman–Crippen LogP) is 5.20. The molecule has 8 nitrogen and oxygen atoms in total. The van der Waals surface area contributed by atoms with Gasteiger partial charge in [-0.3, -0.25) is 9.59 Å². The summed E-state index contributed by atoms with van der Waals surface area (Å²) in [5.41, 5.74) is 3.36. The monoisotopic (exact) mass is 553 g/mol. The summed E-state index contributed by atoms with van der Waals surface area (Å²) >= 11 is 0. The van der Waals surface area contributed by atoms with Crippen LogP contribution < -0.4 is 14.2 Å². The highest BCUT2D eigenvalue weighted by molar-refractivity contribution is 6.01. The number of rotatable bonds is 7. The van der Waals surface area contributed by atoms with Crippen LogP contribution in [0.5, 0.6) is 17.2 Å². The number of carbonyl (C=O) groups excluding carboxylic acids is 2. The van der Waals surface area contributed by atoms with Gasteiger partial charge in [0.1, 0.15) is 12.3 Å². The number of methoxy groups -OCH3 is 2. The van der Waals surface area contributed by atoms with Gasteiger partial charge in [0.05, 0.1) is 26.0 Å². The van der Waals surface area contributed by atoms with Gasteiger partial charge in [0, 0.05) is 35.5 Å². The van der Waals surface area contributed by atoms with Crippen LogP contribution in [0.3, 0.4) is 0 Å². The molecule has 2 amide bonds. The molecule has 6 rings (SSSR count). The molecule has 0 spiro atoms. The fourth-order valence-electron chi connectivity index (χ4n) is 6.39. The standard InChI is InChI=1S/C33H35N3O5/c1-20(2)41-27-15-14-21(16-28(27)40-5)24-18-36-29(37)19-35(17-22-10-6-9-13-26(22)39-4)32(38)33(36,3)31-30(24)23-11-7-8-12-25(23)34-31/h6-16,20,24,34H,17-19H2,1-5H3/t24?,33-/m0/s1. The lowest BCUT2D eigenvalue weighted by atomic mass is 9.76. The molecular formula is C33H35N3O5. The van der Waals surface area contributed by atoms with Crippen molar-refractivity contribution in [2.45, 2.75) is 44.9 Å². The Hall–Kier alpha value is -4.46. The molecule has 2 aliphatic rings. The molecule has 2 atom stereocenters. The number of H-pyrrole nitrogens is 1. The lowest BCUT2D eigenvalue weighted by Gasteiger charge is -2.51. The summed E-state index contributed by atoms with van der Waals surface area (Å²) < 4.78 is 17.2. The number of piperazine rings is 1. The van der Waals surface area contributed by atoms with Crippen LogP contribution in [0.15, 0.2) is 66.7 Å². The van der Waals surface area contributed by atoms with E-state index in [0.717, 1.165) is 33.3 Å². The normalized spacial score (nSPS) is 20.3. The number of benzene rings is 3. The summed E-state index contributed by atoms with van der Waals surface area (Å²) in [6, 6.07) is 21.6. The topological polar surface area (TPSA) is 84.1 Å². The smallest absolute Gasteiger partial charge is 0.255 e. The van der Waals surface area contributed by atoms with E-state index >= 15 is 0 Å². The SMILES string of the molecule is COc1ccccc1CN1CC(=O)N2CC(c3ccc(OC(C)C)c(OC)c3)c3c([nH]c4ccccc34)[C@@]2(C)C1=O. The number of nitrogens with zero attached hydrogens (tertiary/aromatic N) is 2. The number of hydrogen-bond donors (Lipinski definition) is 1. The Morgan fingerprint density at radius 2 is 1.68 bits per heavy atom. The number of nitrogens with one attached hydrogen (secondary N) is 1. The largest absolute Gasteiger partial charge is 0.496 e. The second-order valence-corrected chi connectivity index (χ2v) is 11.1. The highest BCUT2D eigenvalue weighted by Gasteiger charge is 2.56. The first-order valence-corrected chi connectivity index (χ1v) is 13.9. The van der Waals surface area contributed by atoms with Crippen LogP contribution in [0.2, 0.25) is 0 Å². The van der Waals surface area contributed by atoms with Gasteiger partial charge in [0.25, 0.3) is 5.91 Å². The number of hydrogen-bond acceptors (Lipinski definition) is 5. The second kappa shape index (κ2) is 10.2. The van der Waals surface area contributed by atoms with Crippen LogP contribution in [-0.2, 0) is 21.7 Å². The summed E-state index contributed by atoms with van der Waals surface area (Å²) in [5, 5.41) is 1.04. The summed E-state index contributed by atoms with van der Waals surface area (Å²) in [6.45, 7) is 6.47. The average Bonchev–Trinajstić information content (AvgIpc) is 3.37. The van der Waals surface area contributed by atoms with Crippen molar-refractivity contribution < 1.29 is 23.8 Å². The fraction of sp³-hybridized carbons (Fsp3) is 0.333. The van der Waals surface area contributed by atoms with E-state index in [1.807, 2.05) is 81.4 Å². The van der Waals surface area contributed by atoms with Crippen molar-refractivity contribution in [2.24, 2.45) is 0 Å². The van der Waals surface area contributed by atoms with Crippen molar-refractivity contribution in [1.29, 1.82) is 0 Å². The van der Waals surface area contributed by atoms with Gasteiger partial charge >= 0.3 is 0 Å². The highest BCUT2D eigenvalue weighted by Crippen LogP contribution is 2.49. The van der Waals surface area contributed by atoms with Crippen LogP contribution in [0.4, 0.5) is 0 Å². The molecule has 1 saturated heterocycles. The van der Waals surface area contributed by atoms with Crippen molar-refractivity contribution in [3.8, 4) is 17.2 Å². The molecule has 0 radical (unpaired) electrons. The van der Waals surface area contributed by atoms with Crippen LogP contribution in [0, 0.1) is 0 Å². The molecule has 1 fully saturated rings. The lowest BCUT2D eigenvalue weighted by molar-refractivity contribution is -0.166. The Morgan fingerprint density at radius 3 is 2.44 bits per heavy atom. The van der Waals surface area contributed by atoms with Crippen LogP contribution >= 0.6 is 0 Å². The molecule has 0 aliphatic carbocycles. The molecule has 3 aromatic carbocycles. The Morgan fingerprint density at radius 1 is 0.951 bits per heavy atom. The van der Waals surface area contributed by atoms with Gasteiger partial charge in [-0.15, -0.1) is 0 Å². The zero-order chi connectivity index (χ0) is 28.9. The molecule has 0 bridgehead atoms. The van der Waals surface area contributed by atoms with Gasteiger partial charge in [0.2, 0.25) is 5.91 Å². The van der Waals surface area contributed by atoms with Gasteiger partial charge < -0.3 is 29.0 Å². The van der Waals surface area contributed by atoms with Gasteiger partial charge in [-0.05, 0) is 56.2 Å². The van der Waals surface area contributed by atoms with Crippen molar-refractivity contribution in [1.82, 2.24) is 14.8 Å². The van der Waals surface area contributed by atoms with E-state index in [-0.39, 0.29) is 36.9 Å². The first kappa shape index (κ1) is 26.7. The minimum atomic E-state index is -1.19. The summed E-state index contributed by atoms with van der Waals surface area (Å²) in [4.78, 5) is 35.2. The maximum atomic E-state index is 14.4. The van der Waals surface area contributed by atoms with Gasteiger partial charge in [-0.1, -0.05) is 42.5 Å². The number of ether oxygens (including phenoxy) is 3. The van der Waals surface area contributed by atoms with E-state index in [1.165, 1.54) is 0 Å². The Labute approximate surface area is 239 Å². The molecule has 2 aliphatic heterocycles. The Kier molecular flexibility index (Phi) is 6.64. The average molecular weight is 554 g/mol. The molecule has 0 saturated carbocycles. The lowest BCUT2D eigenvalue weighted by Crippen LogP contribution is -2.67. The molecular weight excluding hydrogens is 518 g/mol. The molecule has 1 unspecified atom stereocenters. The van der Waals surface area contributed by atoms with Crippen molar-refractivity contribution in [2.75, 3.05) is 27.3 Å². The Bertz CT molecular complexity index is 1640. The fourth-order valence-corrected chi connectivity index (χ4v) is 6.39. The van der Waals surface area contributed by atoms with E-state index < -0.39 is 5.54 Å². The summed E-state index contributed by atoms with van der Waals surface area (Å²) in [7, 11) is 3.24. The first-order valence-electron chi connectivity index (χ1n) is 13.9. The maximum absolute atomic E-state index is 14.4. The van der Waals surface area contributed by atoms with E-state index in [0.29, 0.717) is 23.8 Å². The van der Waals surface area contributed by atoms with Crippen LogP contribution in [0.1, 0.15) is 49.1 Å². The number of carbonyl (C=O) groups is 2. The third kappa shape index (κ3) is 4.29. The maximum Gasteiger partial charge on any atom is 0.255 e.